The van der Waals surface area contributed by atoms with E-state index < -0.39 is 6.36 Å². The third kappa shape index (κ3) is 6.31. The number of halogens is 3. The van der Waals surface area contributed by atoms with Gasteiger partial charge in [-0.05, 0) is 56.2 Å². The molecule has 1 fully saturated rings. The number of hydrogen-bond donors (Lipinski definition) is 1. The van der Waals surface area contributed by atoms with E-state index in [1.165, 1.54) is 47.4 Å². The van der Waals surface area contributed by atoms with Crippen molar-refractivity contribution >= 4 is 40.2 Å². The molecule has 2 aromatic rings. The third-order valence-corrected chi connectivity index (χ3v) is 5.45. The molecule has 154 valence electrons. The molecule has 0 aliphatic carbocycles. The lowest BCUT2D eigenvalue weighted by molar-refractivity contribution is -0.274. The van der Waals surface area contributed by atoms with Crippen LogP contribution >= 0.6 is 23.1 Å². The Hall–Kier alpha value is -2.37. The number of thiazole rings is 1. The molecule has 1 aromatic carbocycles. The fraction of sp³-hybridized carbons (Fsp3) is 0.278. The number of rotatable bonds is 6. The first-order valence-corrected chi connectivity index (χ1v) is 10.1. The van der Waals surface area contributed by atoms with Crippen LogP contribution in [0.4, 0.5) is 13.2 Å². The van der Waals surface area contributed by atoms with Crippen LogP contribution in [0.25, 0.3) is 16.6 Å². The van der Waals surface area contributed by atoms with Crippen LogP contribution in [0.15, 0.2) is 39.5 Å². The van der Waals surface area contributed by atoms with E-state index in [2.05, 4.69) is 20.0 Å². The Bertz CT molecular complexity index is 937. The van der Waals surface area contributed by atoms with Gasteiger partial charge in [0.2, 0.25) is 0 Å². The van der Waals surface area contributed by atoms with Crippen LogP contribution in [-0.4, -0.2) is 54.5 Å². The molecule has 2 heterocycles. The highest BCUT2D eigenvalue weighted by Gasteiger charge is 2.31. The quantitative estimate of drug-likeness (QED) is 0.689. The number of nitrogens with one attached hydrogen (secondary N) is 1. The molecular weight excluding hydrogens is 425 g/mol. The number of thioether (sulfide) groups is 1. The van der Waals surface area contributed by atoms with Crippen LogP contribution in [0.1, 0.15) is 5.69 Å². The van der Waals surface area contributed by atoms with Gasteiger partial charge in [-0.25, -0.2) is 4.98 Å². The summed E-state index contributed by atoms with van der Waals surface area (Å²) in [5, 5.41) is 5.67. The van der Waals surface area contributed by atoms with Crippen molar-refractivity contribution in [1.82, 2.24) is 15.2 Å². The topological polar surface area (TPSA) is 66.8 Å². The third-order valence-electron chi connectivity index (χ3n) is 3.59. The van der Waals surface area contributed by atoms with E-state index in [9.17, 15) is 18.0 Å². The molecule has 0 spiro atoms. The van der Waals surface area contributed by atoms with Crippen molar-refractivity contribution in [1.29, 1.82) is 0 Å². The van der Waals surface area contributed by atoms with Crippen LogP contribution in [0.5, 0.6) is 5.75 Å². The zero-order valence-corrected chi connectivity index (χ0v) is 17.1. The molecule has 1 saturated heterocycles. The molecule has 1 amide bonds. The Kier molecular flexibility index (Phi) is 6.60. The minimum atomic E-state index is -4.73. The van der Waals surface area contributed by atoms with Gasteiger partial charge < -0.3 is 15.0 Å². The summed E-state index contributed by atoms with van der Waals surface area (Å²) in [4.78, 5) is 23.4. The zero-order chi connectivity index (χ0) is 21.0. The number of likely N-dealkylation sites (N-methyl/N-ethyl adjacent to an activating group) is 1. The van der Waals surface area contributed by atoms with E-state index in [1.807, 2.05) is 19.0 Å². The number of carbonyl (C=O) groups is 1. The molecule has 0 atom stereocenters. The van der Waals surface area contributed by atoms with Crippen LogP contribution in [-0.2, 0) is 4.79 Å². The van der Waals surface area contributed by atoms with Gasteiger partial charge in [-0.1, -0.05) is 0 Å². The molecule has 6 nitrogen and oxygen atoms in total. The number of carbonyl (C=O) groups excluding carboxylic acids is 1. The molecule has 0 bridgehead atoms. The van der Waals surface area contributed by atoms with Gasteiger partial charge in [-0.2, -0.15) is 0 Å². The lowest BCUT2D eigenvalue weighted by Crippen LogP contribution is -2.21. The number of nitrogens with zero attached hydrogens (tertiary/aromatic N) is 3. The summed E-state index contributed by atoms with van der Waals surface area (Å²) in [6.07, 6.45) is -3.06. The van der Waals surface area contributed by atoms with Gasteiger partial charge in [0.25, 0.3) is 5.91 Å². The molecule has 11 heteroatoms. The SMILES string of the molecule is CN(C)CCN=C1NC(=O)/C(=C/c2csc(-c3ccc(OC(F)(F)F)cc3)n2)S1. The fourth-order valence-corrected chi connectivity index (χ4v) is 3.89. The molecule has 1 aromatic heterocycles. The highest BCUT2D eigenvalue weighted by Crippen LogP contribution is 2.30. The standard InChI is InChI=1S/C18H17F3N4O2S2/c1-25(2)8-7-22-17-24-15(26)14(29-17)9-12-10-28-16(23-12)11-3-5-13(6-4-11)27-18(19,20)21/h3-6,9-10H,7-8H2,1-2H3,(H,22,24,26)/b14-9-. The number of amides is 1. The van der Waals surface area contributed by atoms with Gasteiger partial charge in [-0.15, -0.1) is 24.5 Å². The van der Waals surface area contributed by atoms with Gasteiger partial charge in [0, 0.05) is 17.5 Å². The van der Waals surface area contributed by atoms with E-state index in [-0.39, 0.29) is 11.7 Å². The lowest BCUT2D eigenvalue weighted by atomic mass is 10.2. The molecule has 29 heavy (non-hydrogen) atoms. The average molecular weight is 442 g/mol. The minimum absolute atomic E-state index is 0.234. The summed E-state index contributed by atoms with van der Waals surface area (Å²) < 4.78 is 40.6. The Balaban J connectivity index is 1.68. The summed E-state index contributed by atoms with van der Waals surface area (Å²) in [6.45, 7) is 1.36. The first-order chi connectivity index (χ1) is 13.7. The number of hydrogen-bond acceptors (Lipinski definition) is 7. The average Bonchev–Trinajstić information content (AvgIpc) is 3.21. The number of aliphatic imine (C=N–C) groups is 1. The van der Waals surface area contributed by atoms with Crippen molar-refractivity contribution in [2.45, 2.75) is 6.36 Å². The van der Waals surface area contributed by atoms with E-state index in [0.29, 0.717) is 32.9 Å². The van der Waals surface area contributed by atoms with Gasteiger partial charge in [0.1, 0.15) is 10.8 Å². The van der Waals surface area contributed by atoms with E-state index >= 15 is 0 Å². The zero-order valence-electron chi connectivity index (χ0n) is 15.5. The van der Waals surface area contributed by atoms with Crippen LogP contribution < -0.4 is 10.1 Å². The molecule has 0 unspecified atom stereocenters. The van der Waals surface area contributed by atoms with Gasteiger partial charge in [0.15, 0.2) is 5.17 Å². The molecule has 1 aliphatic heterocycles. The van der Waals surface area contributed by atoms with Crippen molar-refractivity contribution in [2.75, 3.05) is 27.2 Å². The van der Waals surface area contributed by atoms with Gasteiger partial charge in [-0.3, -0.25) is 9.79 Å². The summed E-state index contributed by atoms with van der Waals surface area (Å²) in [5.41, 5.74) is 1.25. The predicted octanol–water partition coefficient (Wildman–Crippen LogP) is 3.83. The first-order valence-electron chi connectivity index (χ1n) is 8.41. The maximum Gasteiger partial charge on any atom is 0.573 e. The molecule has 1 N–H and O–H groups in total. The number of ether oxygens (including phenoxy) is 1. The Morgan fingerprint density at radius 3 is 2.66 bits per heavy atom. The highest BCUT2D eigenvalue weighted by atomic mass is 32.2. The number of aromatic nitrogens is 1. The van der Waals surface area contributed by atoms with Gasteiger partial charge >= 0.3 is 6.36 Å². The Morgan fingerprint density at radius 2 is 2.00 bits per heavy atom. The maximum atomic E-state index is 12.2. The van der Waals surface area contributed by atoms with Crippen LogP contribution in [0.2, 0.25) is 0 Å². The predicted molar refractivity (Wildman–Crippen MR) is 109 cm³/mol. The van der Waals surface area contributed by atoms with Crippen LogP contribution in [0, 0.1) is 0 Å². The first kappa shape index (κ1) is 21.3. The second-order valence-corrected chi connectivity index (χ2v) is 8.09. The summed E-state index contributed by atoms with van der Waals surface area (Å²) in [7, 11) is 3.89. The van der Waals surface area contributed by atoms with E-state index in [4.69, 9.17) is 0 Å². The van der Waals surface area contributed by atoms with E-state index in [0.717, 1.165) is 6.54 Å². The lowest BCUT2D eigenvalue weighted by Gasteiger charge is -2.08. The largest absolute Gasteiger partial charge is 0.573 e. The molecule has 0 radical (unpaired) electrons. The van der Waals surface area contributed by atoms with Gasteiger partial charge in [0.05, 0.1) is 17.1 Å². The second kappa shape index (κ2) is 8.97. The van der Waals surface area contributed by atoms with E-state index in [1.54, 1.807) is 11.5 Å². The molecule has 1 aliphatic rings. The number of benzene rings is 1. The maximum absolute atomic E-state index is 12.2. The Morgan fingerprint density at radius 1 is 1.28 bits per heavy atom. The monoisotopic (exact) mass is 442 g/mol. The Labute approximate surface area is 173 Å². The number of amidine groups is 1. The molecular formula is C18H17F3N4O2S2. The minimum Gasteiger partial charge on any atom is -0.406 e. The summed E-state index contributed by atoms with van der Waals surface area (Å²) >= 11 is 2.58. The number of alkyl halides is 3. The van der Waals surface area contributed by atoms with Crippen LogP contribution in [0.3, 0.4) is 0 Å². The fourth-order valence-electron chi connectivity index (χ4n) is 2.27. The molecule has 0 saturated carbocycles. The van der Waals surface area contributed by atoms with Crippen molar-refractivity contribution < 1.29 is 22.7 Å². The highest BCUT2D eigenvalue weighted by molar-refractivity contribution is 8.18. The molecule has 3 rings (SSSR count). The summed E-state index contributed by atoms with van der Waals surface area (Å²) in [6, 6.07) is 5.48. The smallest absolute Gasteiger partial charge is 0.406 e. The van der Waals surface area contributed by atoms with Crippen molar-refractivity contribution in [3.05, 3.63) is 40.2 Å². The van der Waals surface area contributed by atoms with Crippen molar-refractivity contribution in [3.8, 4) is 16.3 Å². The normalized spacial score (nSPS) is 17.4. The van der Waals surface area contributed by atoms with Crippen molar-refractivity contribution in [2.24, 2.45) is 4.99 Å². The summed E-state index contributed by atoms with van der Waals surface area (Å²) in [5.74, 6) is -0.526. The second-order valence-electron chi connectivity index (χ2n) is 6.20. The van der Waals surface area contributed by atoms with Crippen molar-refractivity contribution in [3.63, 3.8) is 0 Å².